The van der Waals surface area contributed by atoms with Crippen LogP contribution in [0.1, 0.15) is 15.9 Å². The van der Waals surface area contributed by atoms with E-state index in [0.717, 1.165) is 11.6 Å². The fourth-order valence-electron chi connectivity index (χ4n) is 2.08. The van der Waals surface area contributed by atoms with Crippen LogP contribution in [-0.4, -0.2) is 27.2 Å². The minimum atomic E-state index is -0.578. The Morgan fingerprint density at radius 3 is 2.22 bits per heavy atom. The molecule has 1 amide bonds. The zero-order chi connectivity index (χ0) is 16.8. The third-order valence-electron chi connectivity index (χ3n) is 3.32. The number of rotatable bonds is 6. The van der Waals surface area contributed by atoms with E-state index in [9.17, 15) is 9.18 Å². The second kappa shape index (κ2) is 7.49. The summed E-state index contributed by atoms with van der Waals surface area (Å²) in [6.45, 7) is 0.285. The van der Waals surface area contributed by atoms with Gasteiger partial charge >= 0.3 is 0 Å². The van der Waals surface area contributed by atoms with Crippen molar-refractivity contribution in [2.75, 3.05) is 21.3 Å². The van der Waals surface area contributed by atoms with E-state index in [0.29, 0.717) is 11.5 Å². The van der Waals surface area contributed by atoms with Crippen LogP contribution in [0.25, 0.3) is 0 Å². The summed E-state index contributed by atoms with van der Waals surface area (Å²) in [6.07, 6.45) is 0. The van der Waals surface area contributed by atoms with Gasteiger partial charge in [0, 0.05) is 12.1 Å². The molecule has 0 unspecified atom stereocenters. The predicted molar refractivity (Wildman–Crippen MR) is 83.7 cm³/mol. The van der Waals surface area contributed by atoms with Crippen LogP contribution in [0.15, 0.2) is 36.4 Å². The average Bonchev–Trinajstić information content (AvgIpc) is 2.59. The van der Waals surface area contributed by atoms with Crippen molar-refractivity contribution in [3.63, 3.8) is 0 Å². The normalized spacial score (nSPS) is 10.1. The van der Waals surface area contributed by atoms with Gasteiger partial charge in [-0.3, -0.25) is 4.79 Å². The Balaban J connectivity index is 2.05. The lowest BCUT2D eigenvalue weighted by atomic mass is 10.1. The van der Waals surface area contributed by atoms with E-state index in [1.165, 1.54) is 19.2 Å². The minimum Gasteiger partial charge on any atom is -0.494 e. The van der Waals surface area contributed by atoms with Crippen molar-refractivity contribution in [3.05, 3.63) is 53.3 Å². The van der Waals surface area contributed by atoms with E-state index in [4.69, 9.17) is 14.2 Å². The Kier molecular flexibility index (Phi) is 5.41. The Labute approximate surface area is 134 Å². The standard InChI is InChI=1S/C17H18FNO4/c1-21-14-7-5-12(9-13(14)18)17(20)19-10-11-4-6-15(22-2)16(8-11)23-3/h4-9H,10H2,1-3H3,(H,19,20). The topological polar surface area (TPSA) is 56.8 Å². The van der Waals surface area contributed by atoms with Crippen LogP contribution in [-0.2, 0) is 6.54 Å². The summed E-state index contributed by atoms with van der Waals surface area (Å²) < 4.78 is 28.8. The molecule has 0 saturated heterocycles. The van der Waals surface area contributed by atoms with Crippen LogP contribution >= 0.6 is 0 Å². The molecule has 2 rings (SSSR count). The number of halogens is 1. The molecule has 1 N–H and O–H groups in total. The molecular weight excluding hydrogens is 301 g/mol. The summed E-state index contributed by atoms with van der Waals surface area (Å²) in [5.74, 6) is 0.337. The van der Waals surface area contributed by atoms with Gasteiger partial charge in [-0.05, 0) is 35.9 Å². The highest BCUT2D eigenvalue weighted by molar-refractivity contribution is 5.94. The Bertz CT molecular complexity index is 703. The predicted octanol–water partition coefficient (Wildman–Crippen LogP) is 2.78. The third-order valence-corrected chi connectivity index (χ3v) is 3.32. The van der Waals surface area contributed by atoms with E-state index in [1.54, 1.807) is 26.4 Å². The first-order valence-electron chi connectivity index (χ1n) is 6.91. The fourth-order valence-corrected chi connectivity index (χ4v) is 2.08. The lowest BCUT2D eigenvalue weighted by Gasteiger charge is -2.10. The zero-order valence-corrected chi connectivity index (χ0v) is 13.2. The number of carbonyl (C=O) groups excluding carboxylic acids is 1. The van der Waals surface area contributed by atoms with Gasteiger partial charge in [0.15, 0.2) is 23.1 Å². The number of ether oxygens (including phenoxy) is 3. The molecule has 122 valence electrons. The number of methoxy groups -OCH3 is 3. The first-order chi connectivity index (χ1) is 11.1. The number of benzene rings is 2. The highest BCUT2D eigenvalue weighted by Gasteiger charge is 2.11. The summed E-state index contributed by atoms with van der Waals surface area (Å²) >= 11 is 0. The van der Waals surface area contributed by atoms with Gasteiger partial charge in [-0.25, -0.2) is 4.39 Å². The lowest BCUT2D eigenvalue weighted by Crippen LogP contribution is -2.22. The number of nitrogens with one attached hydrogen (secondary N) is 1. The monoisotopic (exact) mass is 319 g/mol. The van der Waals surface area contributed by atoms with Gasteiger partial charge < -0.3 is 19.5 Å². The Morgan fingerprint density at radius 1 is 0.957 bits per heavy atom. The molecule has 0 saturated carbocycles. The van der Waals surface area contributed by atoms with Crippen LogP contribution in [0.2, 0.25) is 0 Å². The summed E-state index contributed by atoms with van der Waals surface area (Å²) in [6, 6.07) is 9.41. The molecule has 0 aliphatic carbocycles. The van der Waals surface area contributed by atoms with Crippen LogP contribution < -0.4 is 19.5 Å². The molecule has 0 aliphatic rings. The van der Waals surface area contributed by atoms with Crippen molar-refractivity contribution in [2.24, 2.45) is 0 Å². The van der Waals surface area contributed by atoms with E-state index in [1.807, 2.05) is 6.07 Å². The molecule has 0 aliphatic heterocycles. The zero-order valence-electron chi connectivity index (χ0n) is 13.2. The summed E-state index contributed by atoms with van der Waals surface area (Å²) in [5.41, 5.74) is 1.06. The molecule has 0 bridgehead atoms. The lowest BCUT2D eigenvalue weighted by molar-refractivity contribution is 0.0950. The first-order valence-corrected chi connectivity index (χ1v) is 6.91. The van der Waals surface area contributed by atoms with E-state index in [-0.39, 0.29) is 23.8 Å². The highest BCUT2D eigenvalue weighted by atomic mass is 19.1. The smallest absolute Gasteiger partial charge is 0.251 e. The number of carbonyl (C=O) groups is 1. The van der Waals surface area contributed by atoms with Crippen LogP contribution in [0.4, 0.5) is 4.39 Å². The van der Waals surface area contributed by atoms with Gasteiger partial charge in [0.25, 0.3) is 5.91 Å². The van der Waals surface area contributed by atoms with E-state index >= 15 is 0 Å². The van der Waals surface area contributed by atoms with Crippen molar-refractivity contribution in [2.45, 2.75) is 6.54 Å². The Hall–Kier alpha value is -2.76. The fraction of sp³-hybridized carbons (Fsp3) is 0.235. The molecule has 0 aromatic heterocycles. The first kappa shape index (κ1) is 16.6. The SMILES string of the molecule is COc1ccc(C(=O)NCc2ccc(OC)c(OC)c2)cc1F. The van der Waals surface area contributed by atoms with Gasteiger partial charge in [-0.2, -0.15) is 0 Å². The van der Waals surface area contributed by atoms with Gasteiger partial charge in [-0.15, -0.1) is 0 Å². The maximum Gasteiger partial charge on any atom is 0.251 e. The third kappa shape index (κ3) is 3.91. The second-order valence-electron chi connectivity index (χ2n) is 4.72. The Morgan fingerprint density at radius 2 is 1.61 bits per heavy atom. The van der Waals surface area contributed by atoms with Crippen molar-refractivity contribution >= 4 is 5.91 Å². The molecule has 5 nitrogen and oxygen atoms in total. The largest absolute Gasteiger partial charge is 0.494 e. The van der Waals surface area contributed by atoms with Crippen molar-refractivity contribution in [3.8, 4) is 17.2 Å². The molecule has 2 aromatic carbocycles. The summed E-state index contributed by atoms with van der Waals surface area (Å²) in [7, 11) is 4.47. The van der Waals surface area contributed by atoms with Gasteiger partial charge in [0.1, 0.15) is 0 Å². The maximum absolute atomic E-state index is 13.6. The van der Waals surface area contributed by atoms with Crippen molar-refractivity contribution in [1.82, 2.24) is 5.32 Å². The van der Waals surface area contributed by atoms with Crippen LogP contribution in [0.3, 0.4) is 0 Å². The molecule has 23 heavy (non-hydrogen) atoms. The van der Waals surface area contributed by atoms with E-state index in [2.05, 4.69) is 5.32 Å². The van der Waals surface area contributed by atoms with Gasteiger partial charge in [0.05, 0.1) is 21.3 Å². The van der Waals surface area contributed by atoms with Gasteiger partial charge in [-0.1, -0.05) is 6.07 Å². The number of hydrogen-bond donors (Lipinski definition) is 1. The molecule has 6 heteroatoms. The molecule has 0 atom stereocenters. The molecule has 2 aromatic rings. The molecule has 0 spiro atoms. The quantitative estimate of drug-likeness (QED) is 0.889. The molecule has 0 heterocycles. The van der Waals surface area contributed by atoms with E-state index < -0.39 is 5.82 Å². The molecule has 0 radical (unpaired) electrons. The minimum absolute atomic E-state index is 0.0986. The summed E-state index contributed by atoms with van der Waals surface area (Å²) in [4.78, 5) is 12.1. The van der Waals surface area contributed by atoms with Crippen molar-refractivity contribution < 1.29 is 23.4 Å². The molecular formula is C17H18FNO4. The van der Waals surface area contributed by atoms with Gasteiger partial charge in [0.2, 0.25) is 0 Å². The summed E-state index contributed by atoms with van der Waals surface area (Å²) in [5, 5.41) is 2.73. The highest BCUT2D eigenvalue weighted by Crippen LogP contribution is 2.27. The number of hydrogen-bond acceptors (Lipinski definition) is 4. The van der Waals surface area contributed by atoms with Crippen LogP contribution in [0, 0.1) is 5.82 Å². The molecule has 0 fully saturated rings. The second-order valence-corrected chi connectivity index (χ2v) is 4.72. The van der Waals surface area contributed by atoms with Crippen LogP contribution in [0.5, 0.6) is 17.2 Å². The van der Waals surface area contributed by atoms with Crippen molar-refractivity contribution in [1.29, 1.82) is 0 Å². The number of amides is 1. The maximum atomic E-state index is 13.6. The average molecular weight is 319 g/mol.